The summed E-state index contributed by atoms with van der Waals surface area (Å²) in [5, 5.41) is 4.61. The van der Waals surface area contributed by atoms with Crippen molar-refractivity contribution in [3.05, 3.63) is 95.7 Å². The number of esters is 1. The number of methoxy groups -OCH3 is 1. The Labute approximate surface area is 188 Å². The van der Waals surface area contributed by atoms with Gasteiger partial charge in [-0.15, -0.1) is 0 Å². The van der Waals surface area contributed by atoms with E-state index in [4.69, 9.17) is 4.74 Å². The van der Waals surface area contributed by atoms with Crippen LogP contribution >= 0.6 is 0 Å². The van der Waals surface area contributed by atoms with Crippen LogP contribution in [0.4, 0.5) is 11.4 Å². The lowest BCUT2D eigenvalue weighted by molar-refractivity contribution is 0.0601. The number of benzene rings is 3. The Morgan fingerprint density at radius 1 is 1.00 bits per heavy atom. The number of carbonyl (C=O) groups is 1. The highest BCUT2D eigenvalue weighted by atomic mass is 16.5. The number of anilines is 2. The number of aromatic nitrogens is 1. The van der Waals surface area contributed by atoms with E-state index in [1.165, 1.54) is 49.4 Å². The van der Waals surface area contributed by atoms with Crippen LogP contribution < -0.4 is 5.32 Å². The van der Waals surface area contributed by atoms with Crippen LogP contribution in [0.3, 0.4) is 0 Å². The lowest BCUT2D eigenvalue weighted by Gasteiger charge is -2.16. The molecule has 4 aromatic rings. The smallest absolute Gasteiger partial charge is 0.339 e. The second-order valence-electron chi connectivity index (χ2n) is 8.61. The minimum atomic E-state index is -0.303. The van der Waals surface area contributed by atoms with Gasteiger partial charge in [0.25, 0.3) is 0 Å². The van der Waals surface area contributed by atoms with E-state index in [0.29, 0.717) is 11.5 Å². The lowest BCUT2D eigenvalue weighted by Crippen LogP contribution is -2.07. The van der Waals surface area contributed by atoms with Gasteiger partial charge in [-0.25, -0.2) is 4.79 Å². The highest BCUT2D eigenvalue weighted by Gasteiger charge is 2.20. The standard InChI is InChI=1S/C28H28N2O2/c1-32-28(31)25-18-22(21-9-5-6-10-21)11-13-26(25)29-24-12-14-27-23(17-24)15-16-30(27)19-20-7-3-2-4-8-20/h2-4,7-8,11-18,21,29H,5-6,9-10,19H2,1H3. The first kappa shape index (κ1) is 20.4. The van der Waals surface area contributed by atoms with E-state index in [9.17, 15) is 4.79 Å². The third kappa shape index (κ3) is 4.13. The summed E-state index contributed by atoms with van der Waals surface area (Å²) in [5.41, 5.74) is 6.03. The van der Waals surface area contributed by atoms with Gasteiger partial charge < -0.3 is 14.6 Å². The molecule has 1 aliphatic carbocycles. The average Bonchev–Trinajstić information content (AvgIpc) is 3.50. The molecule has 0 aliphatic heterocycles. The van der Waals surface area contributed by atoms with Crippen molar-refractivity contribution in [1.82, 2.24) is 4.57 Å². The summed E-state index contributed by atoms with van der Waals surface area (Å²) in [7, 11) is 1.44. The van der Waals surface area contributed by atoms with E-state index in [2.05, 4.69) is 70.7 Å². The number of nitrogens with zero attached hydrogens (tertiary/aromatic N) is 1. The van der Waals surface area contributed by atoms with Gasteiger partial charge in [0.05, 0.1) is 18.4 Å². The van der Waals surface area contributed by atoms with Gasteiger partial charge in [-0.05, 0) is 66.3 Å². The lowest BCUT2D eigenvalue weighted by atomic mass is 9.95. The van der Waals surface area contributed by atoms with Gasteiger partial charge in [-0.2, -0.15) is 0 Å². The number of carbonyl (C=O) groups excluding carboxylic acids is 1. The second-order valence-corrected chi connectivity index (χ2v) is 8.61. The van der Waals surface area contributed by atoms with Crippen molar-refractivity contribution in [2.24, 2.45) is 0 Å². The van der Waals surface area contributed by atoms with E-state index >= 15 is 0 Å². The molecule has 1 aromatic heterocycles. The molecule has 4 heteroatoms. The molecule has 4 nitrogen and oxygen atoms in total. The zero-order valence-electron chi connectivity index (χ0n) is 18.4. The molecule has 0 spiro atoms. The van der Waals surface area contributed by atoms with E-state index in [0.717, 1.165) is 23.3 Å². The van der Waals surface area contributed by atoms with Crippen molar-refractivity contribution in [2.75, 3.05) is 12.4 Å². The van der Waals surface area contributed by atoms with Gasteiger partial charge >= 0.3 is 5.97 Å². The first-order valence-corrected chi connectivity index (χ1v) is 11.3. The molecule has 3 aromatic carbocycles. The third-order valence-electron chi connectivity index (χ3n) is 6.52. The van der Waals surface area contributed by atoms with Gasteiger partial charge in [0.2, 0.25) is 0 Å². The summed E-state index contributed by atoms with van der Waals surface area (Å²) < 4.78 is 7.33. The number of hydrogen-bond acceptors (Lipinski definition) is 3. The summed E-state index contributed by atoms with van der Waals surface area (Å²) in [6, 6.07) is 25.1. The van der Waals surface area contributed by atoms with Crippen molar-refractivity contribution < 1.29 is 9.53 Å². The van der Waals surface area contributed by atoms with Crippen molar-refractivity contribution in [3.63, 3.8) is 0 Å². The van der Waals surface area contributed by atoms with Crippen molar-refractivity contribution in [1.29, 1.82) is 0 Å². The maximum atomic E-state index is 12.5. The zero-order chi connectivity index (χ0) is 21.9. The first-order valence-electron chi connectivity index (χ1n) is 11.3. The Morgan fingerprint density at radius 2 is 1.81 bits per heavy atom. The van der Waals surface area contributed by atoms with Gasteiger partial charge in [0.15, 0.2) is 0 Å². The minimum Gasteiger partial charge on any atom is -0.465 e. The number of fused-ring (bicyclic) bond motifs is 1. The molecule has 0 saturated heterocycles. The second kappa shape index (κ2) is 8.91. The molecule has 1 N–H and O–H groups in total. The molecule has 0 amide bonds. The van der Waals surface area contributed by atoms with Gasteiger partial charge in [-0.1, -0.05) is 49.2 Å². The Bertz CT molecular complexity index is 1240. The normalized spacial score (nSPS) is 14.0. The maximum Gasteiger partial charge on any atom is 0.339 e. The van der Waals surface area contributed by atoms with Crippen LogP contribution in [0.1, 0.15) is 53.1 Å². The highest BCUT2D eigenvalue weighted by molar-refractivity contribution is 5.97. The van der Waals surface area contributed by atoms with Crippen LogP contribution in [-0.2, 0) is 11.3 Å². The van der Waals surface area contributed by atoms with E-state index in [1.807, 2.05) is 18.2 Å². The fourth-order valence-electron chi connectivity index (χ4n) is 4.81. The molecule has 1 fully saturated rings. The summed E-state index contributed by atoms with van der Waals surface area (Å²) >= 11 is 0. The Morgan fingerprint density at radius 3 is 2.59 bits per heavy atom. The molecule has 162 valence electrons. The molecular formula is C28H28N2O2. The fourth-order valence-corrected chi connectivity index (χ4v) is 4.81. The monoisotopic (exact) mass is 424 g/mol. The largest absolute Gasteiger partial charge is 0.465 e. The quantitative estimate of drug-likeness (QED) is 0.343. The van der Waals surface area contributed by atoms with E-state index < -0.39 is 0 Å². The molecule has 0 atom stereocenters. The molecular weight excluding hydrogens is 396 g/mol. The Balaban J connectivity index is 1.41. The first-order chi connectivity index (χ1) is 15.7. The SMILES string of the molecule is COC(=O)c1cc(C2CCCC2)ccc1Nc1ccc2c(ccn2Cc2ccccc2)c1. The highest BCUT2D eigenvalue weighted by Crippen LogP contribution is 2.36. The molecule has 0 radical (unpaired) electrons. The zero-order valence-corrected chi connectivity index (χ0v) is 18.4. The van der Waals surface area contributed by atoms with Crippen LogP contribution in [0.25, 0.3) is 10.9 Å². The molecule has 32 heavy (non-hydrogen) atoms. The van der Waals surface area contributed by atoms with Crippen LogP contribution in [0.15, 0.2) is 79.0 Å². The van der Waals surface area contributed by atoms with Crippen LogP contribution in [-0.4, -0.2) is 17.6 Å². The van der Waals surface area contributed by atoms with Gasteiger partial charge in [0.1, 0.15) is 0 Å². The summed E-state index contributed by atoms with van der Waals surface area (Å²) in [4.78, 5) is 12.5. The van der Waals surface area contributed by atoms with Crippen molar-refractivity contribution in [2.45, 2.75) is 38.1 Å². The summed E-state index contributed by atoms with van der Waals surface area (Å²) in [6.07, 6.45) is 7.05. The number of hydrogen-bond donors (Lipinski definition) is 1. The predicted octanol–water partition coefficient (Wildman–Crippen LogP) is 6.88. The molecule has 1 heterocycles. The Hall–Kier alpha value is -3.53. The summed E-state index contributed by atoms with van der Waals surface area (Å²) in [5.74, 6) is 0.246. The molecule has 0 bridgehead atoms. The third-order valence-corrected chi connectivity index (χ3v) is 6.52. The number of nitrogens with one attached hydrogen (secondary N) is 1. The number of ether oxygens (including phenoxy) is 1. The topological polar surface area (TPSA) is 43.3 Å². The predicted molar refractivity (Wildman–Crippen MR) is 130 cm³/mol. The summed E-state index contributed by atoms with van der Waals surface area (Å²) in [6.45, 7) is 0.840. The van der Waals surface area contributed by atoms with Crippen LogP contribution in [0.5, 0.6) is 0 Å². The molecule has 5 rings (SSSR count). The fraction of sp³-hybridized carbons (Fsp3) is 0.250. The van der Waals surface area contributed by atoms with E-state index in [1.54, 1.807) is 0 Å². The minimum absolute atomic E-state index is 0.303. The maximum absolute atomic E-state index is 12.5. The van der Waals surface area contributed by atoms with Crippen LogP contribution in [0.2, 0.25) is 0 Å². The van der Waals surface area contributed by atoms with E-state index in [-0.39, 0.29) is 5.97 Å². The molecule has 1 aliphatic rings. The van der Waals surface area contributed by atoms with Crippen molar-refractivity contribution >= 4 is 28.2 Å². The number of rotatable bonds is 6. The Kier molecular flexibility index (Phi) is 5.68. The average molecular weight is 425 g/mol. The molecule has 0 unspecified atom stereocenters. The van der Waals surface area contributed by atoms with Crippen LogP contribution in [0, 0.1) is 0 Å². The van der Waals surface area contributed by atoms with Gasteiger partial charge in [-0.3, -0.25) is 0 Å². The van der Waals surface area contributed by atoms with Crippen molar-refractivity contribution in [3.8, 4) is 0 Å². The molecule has 1 saturated carbocycles. The van der Waals surface area contributed by atoms with Gasteiger partial charge in [0, 0.05) is 29.3 Å².